The number of amides is 1. The van der Waals surface area contributed by atoms with Gasteiger partial charge in [0.2, 0.25) is 11.9 Å². The molecule has 0 spiro atoms. The van der Waals surface area contributed by atoms with Gasteiger partial charge in [0.25, 0.3) is 0 Å². The highest BCUT2D eigenvalue weighted by Crippen LogP contribution is 2.26. The first-order valence-electron chi connectivity index (χ1n) is 6.39. The van der Waals surface area contributed by atoms with Gasteiger partial charge in [0.1, 0.15) is 0 Å². The van der Waals surface area contributed by atoms with E-state index in [1.54, 1.807) is 11.1 Å². The van der Waals surface area contributed by atoms with Crippen molar-refractivity contribution in [3.05, 3.63) is 34.9 Å². The molecule has 1 atom stereocenters. The van der Waals surface area contributed by atoms with Crippen LogP contribution in [-0.4, -0.2) is 34.1 Å². The van der Waals surface area contributed by atoms with Gasteiger partial charge in [0.05, 0.1) is 11.9 Å². The molecule has 0 aliphatic carbocycles. The highest BCUT2D eigenvalue weighted by molar-refractivity contribution is 9.10. The first-order chi connectivity index (χ1) is 9.67. The largest absolute Gasteiger partial charge is 0.396 e. The summed E-state index contributed by atoms with van der Waals surface area (Å²) in [5.41, 5.74) is 1.88. The number of carbonyl (C=O) groups excluding carboxylic acids is 1. The van der Waals surface area contributed by atoms with Crippen LogP contribution in [0, 0.1) is 5.92 Å². The van der Waals surface area contributed by atoms with Gasteiger partial charge in [-0.15, -0.1) is 0 Å². The average molecular weight is 336 g/mol. The van der Waals surface area contributed by atoms with E-state index in [9.17, 15) is 4.79 Å². The lowest BCUT2D eigenvalue weighted by atomic mass is 10.1. The number of carbonyl (C=O) groups is 1. The fourth-order valence-electron chi connectivity index (χ4n) is 2.33. The second kappa shape index (κ2) is 5.38. The molecule has 1 unspecified atom stereocenters. The third-order valence-electron chi connectivity index (χ3n) is 3.44. The van der Waals surface area contributed by atoms with E-state index >= 15 is 0 Å². The summed E-state index contributed by atoms with van der Waals surface area (Å²) >= 11 is 3.40. The standard InChI is InChI=1S/C14H14BrN3O2/c15-11-3-1-10(2-4-11)12-6-16-14(17-12)18-7-9(8-19)5-13(18)20/h1-4,6,9,19H,5,7-8H2,(H,16,17). The van der Waals surface area contributed by atoms with Crippen LogP contribution in [0.25, 0.3) is 11.3 Å². The van der Waals surface area contributed by atoms with Crippen LogP contribution >= 0.6 is 15.9 Å². The number of aliphatic hydroxyl groups excluding tert-OH is 1. The molecular weight excluding hydrogens is 322 g/mol. The van der Waals surface area contributed by atoms with Gasteiger partial charge in [0, 0.05) is 30.0 Å². The van der Waals surface area contributed by atoms with Crippen molar-refractivity contribution in [1.82, 2.24) is 9.97 Å². The van der Waals surface area contributed by atoms with Gasteiger partial charge in [-0.3, -0.25) is 9.69 Å². The minimum atomic E-state index is 0.000700. The van der Waals surface area contributed by atoms with Crippen molar-refractivity contribution in [3.8, 4) is 11.3 Å². The number of imidazole rings is 1. The van der Waals surface area contributed by atoms with E-state index in [4.69, 9.17) is 5.11 Å². The van der Waals surface area contributed by atoms with Gasteiger partial charge in [0.15, 0.2) is 0 Å². The van der Waals surface area contributed by atoms with Crippen molar-refractivity contribution in [3.63, 3.8) is 0 Å². The van der Waals surface area contributed by atoms with E-state index in [-0.39, 0.29) is 18.4 Å². The number of nitrogens with zero attached hydrogens (tertiary/aromatic N) is 2. The summed E-state index contributed by atoms with van der Waals surface area (Å²) in [6.45, 7) is 0.547. The van der Waals surface area contributed by atoms with Crippen LogP contribution in [-0.2, 0) is 4.79 Å². The van der Waals surface area contributed by atoms with Gasteiger partial charge in [-0.25, -0.2) is 4.98 Å². The zero-order valence-corrected chi connectivity index (χ0v) is 12.3. The second-order valence-corrected chi connectivity index (χ2v) is 5.80. The van der Waals surface area contributed by atoms with Crippen molar-refractivity contribution in [2.75, 3.05) is 18.1 Å². The lowest BCUT2D eigenvalue weighted by molar-refractivity contribution is -0.117. The Labute approximate surface area is 124 Å². The maximum absolute atomic E-state index is 11.9. The van der Waals surface area contributed by atoms with E-state index in [1.165, 1.54) is 0 Å². The number of anilines is 1. The molecule has 1 aromatic carbocycles. The Morgan fingerprint density at radius 3 is 2.80 bits per heavy atom. The van der Waals surface area contributed by atoms with Gasteiger partial charge in [-0.1, -0.05) is 28.1 Å². The van der Waals surface area contributed by atoms with Gasteiger partial charge >= 0.3 is 0 Å². The monoisotopic (exact) mass is 335 g/mol. The molecule has 6 heteroatoms. The molecule has 2 N–H and O–H groups in total. The number of aromatic nitrogens is 2. The summed E-state index contributed by atoms with van der Waals surface area (Å²) < 4.78 is 1.02. The summed E-state index contributed by atoms with van der Waals surface area (Å²) in [6.07, 6.45) is 2.10. The summed E-state index contributed by atoms with van der Waals surface area (Å²) in [5, 5.41) is 9.14. The predicted molar refractivity (Wildman–Crippen MR) is 79.3 cm³/mol. The molecule has 5 nitrogen and oxygen atoms in total. The van der Waals surface area contributed by atoms with Crippen molar-refractivity contribution in [1.29, 1.82) is 0 Å². The van der Waals surface area contributed by atoms with Crippen LogP contribution in [0.3, 0.4) is 0 Å². The Balaban J connectivity index is 1.83. The number of nitrogens with one attached hydrogen (secondary N) is 1. The molecule has 1 amide bonds. The lowest BCUT2D eigenvalue weighted by Crippen LogP contribution is -2.26. The lowest BCUT2D eigenvalue weighted by Gasteiger charge is -2.12. The number of halogens is 1. The molecule has 1 aromatic heterocycles. The second-order valence-electron chi connectivity index (χ2n) is 4.88. The molecular formula is C14H14BrN3O2. The minimum Gasteiger partial charge on any atom is -0.396 e. The highest BCUT2D eigenvalue weighted by Gasteiger charge is 2.31. The summed E-state index contributed by atoms with van der Waals surface area (Å²) in [7, 11) is 0. The molecule has 3 rings (SSSR count). The smallest absolute Gasteiger partial charge is 0.229 e. The number of H-pyrrole nitrogens is 1. The zero-order chi connectivity index (χ0) is 14.1. The molecule has 0 radical (unpaired) electrons. The summed E-state index contributed by atoms with van der Waals surface area (Å²) in [5.74, 6) is 0.549. The van der Waals surface area contributed by atoms with Crippen LogP contribution < -0.4 is 4.90 Å². The van der Waals surface area contributed by atoms with E-state index in [0.29, 0.717) is 18.9 Å². The third kappa shape index (κ3) is 2.48. The van der Waals surface area contributed by atoms with Crippen LogP contribution in [0.4, 0.5) is 5.95 Å². The van der Waals surface area contributed by atoms with Crippen molar-refractivity contribution in [2.45, 2.75) is 6.42 Å². The quantitative estimate of drug-likeness (QED) is 0.903. The highest BCUT2D eigenvalue weighted by atomic mass is 79.9. The molecule has 1 aliphatic heterocycles. The predicted octanol–water partition coefficient (Wildman–Crippen LogP) is 2.18. The van der Waals surface area contributed by atoms with Crippen LogP contribution in [0.5, 0.6) is 0 Å². The van der Waals surface area contributed by atoms with E-state index in [0.717, 1.165) is 15.7 Å². The molecule has 2 heterocycles. The summed E-state index contributed by atoms with van der Waals surface area (Å²) in [6, 6.07) is 7.87. The fraction of sp³-hybridized carbons (Fsp3) is 0.286. The molecule has 1 saturated heterocycles. The van der Waals surface area contributed by atoms with Crippen molar-refractivity contribution < 1.29 is 9.90 Å². The van der Waals surface area contributed by atoms with E-state index < -0.39 is 0 Å². The Morgan fingerprint density at radius 2 is 2.15 bits per heavy atom. The molecule has 0 saturated carbocycles. The van der Waals surface area contributed by atoms with Crippen molar-refractivity contribution in [2.24, 2.45) is 5.92 Å². The molecule has 104 valence electrons. The SMILES string of the molecule is O=C1CC(CO)CN1c1ncc(-c2ccc(Br)cc2)[nH]1. The number of aliphatic hydroxyl groups is 1. The molecule has 1 aliphatic rings. The molecule has 0 bridgehead atoms. The maximum atomic E-state index is 11.9. The van der Waals surface area contributed by atoms with Gasteiger partial charge < -0.3 is 10.1 Å². The first kappa shape index (κ1) is 13.3. The van der Waals surface area contributed by atoms with E-state index in [1.807, 2.05) is 24.3 Å². The Hall–Kier alpha value is -1.66. The minimum absolute atomic E-state index is 0.000700. The summed E-state index contributed by atoms with van der Waals surface area (Å²) in [4.78, 5) is 20.9. The Bertz CT molecular complexity index is 624. The van der Waals surface area contributed by atoms with Gasteiger partial charge in [-0.05, 0) is 17.7 Å². The number of benzene rings is 1. The number of aromatic amines is 1. The number of hydrogen-bond acceptors (Lipinski definition) is 3. The van der Waals surface area contributed by atoms with Gasteiger partial charge in [-0.2, -0.15) is 0 Å². The Morgan fingerprint density at radius 1 is 1.40 bits per heavy atom. The third-order valence-corrected chi connectivity index (χ3v) is 3.97. The number of hydrogen-bond donors (Lipinski definition) is 2. The normalized spacial score (nSPS) is 18.8. The van der Waals surface area contributed by atoms with Crippen LogP contribution in [0.2, 0.25) is 0 Å². The topological polar surface area (TPSA) is 69.2 Å². The van der Waals surface area contributed by atoms with Crippen LogP contribution in [0.15, 0.2) is 34.9 Å². The number of rotatable bonds is 3. The Kier molecular flexibility index (Phi) is 3.58. The molecule has 2 aromatic rings. The first-order valence-corrected chi connectivity index (χ1v) is 7.19. The van der Waals surface area contributed by atoms with Crippen LogP contribution in [0.1, 0.15) is 6.42 Å². The van der Waals surface area contributed by atoms with Crippen molar-refractivity contribution >= 4 is 27.8 Å². The molecule has 1 fully saturated rings. The fourth-order valence-corrected chi connectivity index (χ4v) is 2.60. The maximum Gasteiger partial charge on any atom is 0.229 e. The molecule has 20 heavy (non-hydrogen) atoms. The zero-order valence-electron chi connectivity index (χ0n) is 10.7. The average Bonchev–Trinajstić information content (AvgIpc) is 3.06. The van der Waals surface area contributed by atoms with E-state index in [2.05, 4.69) is 25.9 Å².